The van der Waals surface area contributed by atoms with Crippen LogP contribution in [0.15, 0.2) is 30.5 Å². The van der Waals surface area contributed by atoms with Gasteiger partial charge in [0.25, 0.3) is 0 Å². The third-order valence-corrected chi connectivity index (χ3v) is 2.35. The van der Waals surface area contributed by atoms with Crippen LogP contribution in [-0.2, 0) is 4.79 Å². The van der Waals surface area contributed by atoms with Crippen LogP contribution in [-0.4, -0.2) is 11.3 Å². The molecule has 1 aromatic heterocycles. The van der Waals surface area contributed by atoms with Gasteiger partial charge in [-0.15, -0.1) is 0 Å². The van der Waals surface area contributed by atoms with E-state index in [1.165, 1.54) is 6.08 Å². The number of fused-ring (bicyclic) bond motifs is 1. The summed E-state index contributed by atoms with van der Waals surface area (Å²) in [6.07, 6.45) is 5.72. The number of halogens is 1. The second-order valence-electron chi connectivity index (χ2n) is 2.93. The van der Waals surface area contributed by atoms with Crippen LogP contribution in [0, 0.1) is 0 Å². The number of allylic oxidation sites excluding steroid dienone is 1. The van der Waals surface area contributed by atoms with Crippen molar-refractivity contribution in [3.05, 3.63) is 41.1 Å². The zero-order valence-electron chi connectivity index (χ0n) is 7.33. The first kappa shape index (κ1) is 9.03. The largest absolute Gasteiger partial charge is 0.361 e. The van der Waals surface area contributed by atoms with Crippen molar-refractivity contribution < 1.29 is 4.79 Å². The molecule has 0 fully saturated rings. The van der Waals surface area contributed by atoms with Crippen molar-refractivity contribution in [1.29, 1.82) is 0 Å². The van der Waals surface area contributed by atoms with Crippen LogP contribution in [0.5, 0.6) is 0 Å². The topological polar surface area (TPSA) is 32.9 Å². The highest BCUT2D eigenvalue weighted by atomic mass is 35.5. The smallest absolute Gasteiger partial charge is 0.142 e. The molecule has 0 atom stereocenters. The molecule has 3 heteroatoms. The van der Waals surface area contributed by atoms with Crippen molar-refractivity contribution in [3.8, 4) is 0 Å². The van der Waals surface area contributed by atoms with Gasteiger partial charge >= 0.3 is 0 Å². The summed E-state index contributed by atoms with van der Waals surface area (Å²) in [5, 5.41) is 1.72. The molecular weight excluding hydrogens is 198 g/mol. The Morgan fingerprint density at radius 3 is 3.00 bits per heavy atom. The summed E-state index contributed by atoms with van der Waals surface area (Å²) in [5.74, 6) is 0. The summed E-state index contributed by atoms with van der Waals surface area (Å²) in [5.41, 5.74) is 1.85. The van der Waals surface area contributed by atoms with Crippen molar-refractivity contribution in [2.45, 2.75) is 0 Å². The number of aldehydes is 1. The number of H-pyrrole nitrogens is 1. The number of aromatic nitrogens is 1. The van der Waals surface area contributed by atoms with E-state index in [0.717, 1.165) is 22.8 Å². The fraction of sp³-hybridized carbons (Fsp3) is 0. The lowest BCUT2D eigenvalue weighted by atomic mass is 10.1. The quantitative estimate of drug-likeness (QED) is 0.593. The molecule has 0 aliphatic carbocycles. The number of hydrogen-bond donors (Lipinski definition) is 1. The summed E-state index contributed by atoms with van der Waals surface area (Å²) in [6, 6.07) is 5.75. The van der Waals surface area contributed by atoms with Crippen molar-refractivity contribution in [1.82, 2.24) is 4.98 Å². The first-order chi connectivity index (χ1) is 6.81. The molecule has 14 heavy (non-hydrogen) atoms. The van der Waals surface area contributed by atoms with Crippen molar-refractivity contribution in [3.63, 3.8) is 0 Å². The summed E-state index contributed by atoms with van der Waals surface area (Å²) >= 11 is 6.01. The fourth-order valence-corrected chi connectivity index (χ4v) is 1.59. The molecule has 1 heterocycles. The van der Waals surface area contributed by atoms with Crippen LogP contribution in [0.3, 0.4) is 0 Å². The zero-order valence-corrected chi connectivity index (χ0v) is 8.08. The van der Waals surface area contributed by atoms with Crippen molar-refractivity contribution in [2.24, 2.45) is 0 Å². The molecule has 1 N–H and O–H groups in total. The van der Waals surface area contributed by atoms with Gasteiger partial charge in [0.15, 0.2) is 0 Å². The first-order valence-corrected chi connectivity index (χ1v) is 4.57. The van der Waals surface area contributed by atoms with Gasteiger partial charge in [-0.05, 0) is 29.8 Å². The maximum absolute atomic E-state index is 10.2. The molecule has 1 aromatic carbocycles. The number of nitrogens with one attached hydrogen (secondary N) is 1. The van der Waals surface area contributed by atoms with E-state index in [1.54, 1.807) is 6.08 Å². The standard InChI is InChI=1S/C11H8ClNO/c12-10-7-11-9(3-4-13-11)6-8(10)2-1-5-14/h1-7,13H. The molecule has 0 unspecified atom stereocenters. The Hall–Kier alpha value is -1.54. The highest BCUT2D eigenvalue weighted by molar-refractivity contribution is 6.32. The minimum Gasteiger partial charge on any atom is -0.361 e. The molecule has 0 amide bonds. The lowest BCUT2D eigenvalue weighted by Gasteiger charge is -1.98. The van der Waals surface area contributed by atoms with E-state index in [2.05, 4.69) is 4.98 Å². The van der Waals surface area contributed by atoms with Crippen LogP contribution in [0.25, 0.3) is 17.0 Å². The Morgan fingerprint density at radius 1 is 1.36 bits per heavy atom. The second kappa shape index (κ2) is 3.68. The van der Waals surface area contributed by atoms with Gasteiger partial charge in [-0.1, -0.05) is 17.7 Å². The van der Waals surface area contributed by atoms with Gasteiger partial charge in [-0.2, -0.15) is 0 Å². The molecule has 0 spiro atoms. The zero-order chi connectivity index (χ0) is 9.97. The number of benzene rings is 1. The highest BCUT2D eigenvalue weighted by Crippen LogP contribution is 2.24. The molecule has 0 saturated heterocycles. The molecule has 0 aliphatic rings. The molecule has 0 saturated carbocycles. The normalized spacial score (nSPS) is 11.2. The average molecular weight is 206 g/mol. The van der Waals surface area contributed by atoms with Gasteiger partial charge in [-0.3, -0.25) is 4.79 Å². The van der Waals surface area contributed by atoms with E-state index in [0.29, 0.717) is 5.02 Å². The van der Waals surface area contributed by atoms with Gasteiger partial charge < -0.3 is 4.98 Å². The van der Waals surface area contributed by atoms with Crippen LogP contribution < -0.4 is 0 Å². The number of hydrogen-bond acceptors (Lipinski definition) is 1. The van der Waals surface area contributed by atoms with Gasteiger partial charge in [0, 0.05) is 22.1 Å². The van der Waals surface area contributed by atoms with E-state index < -0.39 is 0 Å². The van der Waals surface area contributed by atoms with Crippen molar-refractivity contribution >= 4 is 34.9 Å². The summed E-state index contributed by atoms with van der Waals surface area (Å²) < 4.78 is 0. The Bertz CT molecular complexity index is 499. The maximum atomic E-state index is 10.2. The molecule has 0 bridgehead atoms. The minimum absolute atomic E-state index is 0.637. The lowest BCUT2D eigenvalue weighted by molar-refractivity contribution is -0.104. The molecule has 2 rings (SSSR count). The van der Waals surface area contributed by atoms with E-state index in [-0.39, 0.29) is 0 Å². The van der Waals surface area contributed by atoms with Crippen molar-refractivity contribution in [2.75, 3.05) is 0 Å². The van der Waals surface area contributed by atoms with Gasteiger partial charge in [-0.25, -0.2) is 0 Å². The Balaban J connectivity index is 2.58. The molecular formula is C11H8ClNO. The highest BCUT2D eigenvalue weighted by Gasteiger charge is 2.00. The van der Waals surface area contributed by atoms with Crippen LogP contribution >= 0.6 is 11.6 Å². The number of aromatic amines is 1. The Labute approximate surface area is 86.2 Å². The molecule has 2 aromatic rings. The van der Waals surface area contributed by atoms with Gasteiger partial charge in [0.1, 0.15) is 6.29 Å². The second-order valence-corrected chi connectivity index (χ2v) is 3.34. The summed E-state index contributed by atoms with van der Waals surface area (Å²) in [4.78, 5) is 13.2. The van der Waals surface area contributed by atoms with Crippen LogP contribution in [0.1, 0.15) is 5.56 Å². The predicted molar refractivity (Wildman–Crippen MR) is 58.4 cm³/mol. The number of rotatable bonds is 2. The predicted octanol–water partition coefficient (Wildman–Crippen LogP) is 3.03. The Kier molecular flexibility index (Phi) is 2.37. The summed E-state index contributed by atoms with van der Waals surface area (Å²) in [6.45, 7) is 0. The minimum atomic E-state index is 0.637. The maximum Gasteiger partial charge on any atom is 0.142 e. The summed E-state index contributed by atoms with van der Waals surface area (Å²) in [7, 11) is 0. The van der Waals surface area contributed by atoms with E-state index >= 15 is 0 Å². The lowest BCUT2D eigenvalue weighted by Crippen LogP contribution is -1.76. The van der Waals surface area contributed by atoms with E-state index in [9.17, 15) is 4.79 Å². The van der Waals surface area contributed by atoms with E-state index in [1.807, 2.05) is 24.4 Å². The van der Waals surface area contributed by atoms with Gasteiger partial charge in [0.2, 0.25) is 0 Å². The third-order valence-electron chi connectivity index (χ3n) is 2.02. The SMILES string of the molecule is O=CC=Cc1cc2cc[nH]c2cc1Cl. The molecule has 0 aliphatic heterocycles. The average Bonchev–Trinajstić information content (AvgIpc) is 2.61. The number of carbonyl (C=O) groups is 1. The Morgan fingerprint density at radius 2 is 2.21 bits per heavy atom. The van der Waals surface area contributed by atoms with Crippen LogP contribution in [0.4, 0.5) is 0 Å². The van der Waals surface area contributed by atoms with E-state index in [4.69, 9.17) is 11.6 Å². The fourth-order valence-electron chi connectivity index (χ4n) is 1.36. The monoisotopic (exact) mass is 205 g/mol. The van der Waals surface area contributed by atoms with Gasteiger partial charge in [0.05, 0.1) is 0 Å². The first-order valence-electron chi connectivity index (χ1n) is 4.20. The molecule has 0 radical (unpaired) electrons. The number of carbonyl (C=O) groups excluding carboxylic acids is 1. The molecule has 2 nitrogen and oxygen atoms in total. The third kappa shape index (κ3) is 1.56. The van der Waals surface area contributed by atoms with Crippen LogP contribution in [0.2, 0.25) is 5.02 Å². The molecule has 70 valence electrons.